The number of fused-ring (bicyclic) bond motifs is 2. The normalized spacial score (nSPS) is 16.7. The molecule has 0 radical (unpaired) electrons. The zero-order chi connectivity index (χ0) is 15.8. The number of aromatic nitrogens is 3. The van der Waals surface area contributed by atoms with E-state index in [4.69, 9.17) is 11.0 Å². The number of nitrogens with two attached hydrogens (primary N) is 1. The van der Waals surface area contributed by atoms with Crippen molar-refractivity contribution in [3.05, 3.63) is 40.7 Å². The number of thiazole rings is 1. The molecule has 0 bridgehead atoms. The molecule has 0 amide bonds. The number of anilines is 2. The number of nitriles is 1. The van der Waals surface area contributed by atoms with E-state index in [1.807, 2.05) is 12.1 Å². The van der Waals surface area contributed by atoms with E-state index in [0.717, 1.165) is 41.7 Å². The van der Waals surface area contributed by atoms with E-state index in [2.05, 4.69) is 26.3 Å². The third kappa shape index (κ3) is 2.58. The third-order valence-corrected chi connectivity index (χ3v) is 5.01. The first-order valence-corrected chi connectivity index (χ1v) is 8.20. The highest BCUT2D eigenvalue weighted by atomic mass is 32.1. The average Bonchev–Trinajstić information content (AvgIpc) is 2.94. The van der Waals surface area contributed by atoms with Crippen LogP contribution in [0.4, 0.5) is 10.9 Å². The van der Waals surface area contributed by atoms with Gasteiger partial charge in [0.1, 0.15) is 12.1 Å². The lowest BCUT2D eigenvalue weighted by Crippen LogP contribution is -2.27. The lowest BCUT2D eigenvalue weighted by atomic mass is 9.97. The van der Waals surface area contributed by atoms with E-state index in [0.29, 0.717) is 10.7 Å². The summed E-state index contributed by atoms with van der Waals surface area (Å²) in [5.41, 5.74) is 8.37. The Balaban J connectivity index is 1.64. The molecule has 1 atom stereocenters. The molecule has 1 aliphatic rings. The van der Waals surface area contributed by atoms with Gasteiger partial charge in [-0.25, -0.2) is 15.0 Å². The summed E-state index contributed by atoms with van der Waals surface area (Å²) in [7, 11) is 0. The van der Waals surface area contributed by atoms with Crippen LogP contribution in [0.2, 0.25) is 0 Å². The molecule has 7 heteroatoms. The maximum Gasteiger partial charge on any atom is 0.180 e. The van der Waals surface area contributed by atoms with Crippen LogP contribution >= 0.6 is 11.3 Å². The quantitative estimate of drug-likeness (QED) is 0.752. The van der Waals surface area contributed by atoms with E-state index < -0.39 is 0 Å². The predicted molar refractivity (Wildman–Crippen MR) is 90.2 cm³/mol. The average molecular weight is 322 g/mol. The molecule has 0 aliphatic heterocycles. The maximum absolute atomic E-state index is 9.09. The first kappa shape index (κ1) is 13.9. The van der Waals surface area contributed by atoms with Crippen LogP contribution in [0.15, 0.2) is 24.5 Å². The topological polar surface area (TPSA) is 101 Å². The number of nitrogen functional groups attached to an aromatic ring is 1. The second kappa shape index (κ2) is 5.48. The summed E-state index contributed by atoms with van der Waals surface area (Å²) in [5.74, 6) is 0.776. The maximum atomic E-state index is 9.09. The molecule has 0 saturated heterocycles. The zero-order valence-corrected chi connectivity index (χ0v) is 13.1. The molecule has 1 aliphatic carbocycles. The Hall–Kier alpha value is -2.72. The Morgan fingerprint density at radius 1 is 1.35 bits per heavy atom. The third-order valence-electron chi connectivity index (χ3n) is 4.06. The summed E-state index contributed by atoms with van der Waals surface area (Å²) in [6.07, 6.45) is 4.36. The Bertz CT molecular complexity index is 926. The van der Waals surface area contributed by atoms with Crippen molar-refractivity contribution in [1.29, 1.82) is 5.26 Å². The van der Waals surface area contributed by atoms with Gasteiger partial charge in [0.15, 0.2) is 5.13 Å². The molecule has 3 N–H and O–H groups in total. The van der Waals surface area contributed by atoms with Gasteiger partial charge in [0.2, 0.25) is 0 Å². The molecule has 4 rings (SSSR count). The van der Waals surface area contributed by atoms with E-state index >= 15 is 0 Å². The first-order valence-electron chi connectivity index (χ1n) is 7.38. The molecular weight excluding hydrogens is 308 g/mol. The molecule has 2 aromatic heterocycles. The van der Waals surface area contributed by atoms with Crippen LogP contribution in [-0.2, 0) is 12.8 Å². The van der Waals surface area contributed by atoms with Crippen LogP contribution in [0.3, 0.4) is 0 Å². The van der Waals surface area contributed by atoms with Crippen molar-refractivity contribution in [3.8, 4) is 6.07 Å². The van der Waals surface area contributed by atoms with Gasteiger partial charge < -0.3 is 11.1 Å². The molecule has 3 aromatic rings. The lowest BCUT2D eigenvalue weighted by Gasteiger charge is -2.23. The van der Waals surface area contributed by atoms with Crippen LogP contribution in [0.5, 0.6) is 0 Å². The van der Waals surface area contributed by atoms with Crippen molar-refractivity contribution < 1.29 is 0 Å². The van der Waals surface area contributed by atoms with Gasteiger partial charge in [-0.2, -0.15) is 5.26 Å². The van der Waals surface area contributed by atoms with Crippen molar-refractivity contribution in [2.75, 3.05) is 11.1 Å². The summed E-state index contributed by atoms with van der Waals surface area (Å²) in [6, 6.07) is 7.90. The number of aryl methyl sites for hydroxylation is 1. The van der Waals surface area contributed by atoms with Crippen molar-refractivity contribution in [3.63, 3.8) is 0 Å². The van der Waals surface area contributed by atoms with E-state index in [-0.39, 0.29) is 6.04 Å². The van der Waals surface area contributed by atoms with Crippen LogP contribution in [0.1, 0.15) is 22.6 Å². The van der Waals surface area contributed by atoms with E-state index in [9.17, 15) is 0 Å². The summed E-state index contributed by atoms with van der Waals surface area (Å²) < 4.78 is 0. The lowest BCUT2D eigenvalue weighted by molar-refractivity contribution is 0.608. The standard InChI is InChI=1S/C16H14N6S/c17-7-9-1-3-12-11(5-9)15(20-8-19-12)21-10-2-4-13-14(6-10)23-16(18)22-13/h1,3,5,8,10H,2,4,6H2,(H2,18,22)(H,19,20,21). The van der Waals surface area contributed by atoms with Crippen LogP contribution < -0.4 is 11.1 Å². The number of rotatable bonds is 2. The van der Waals surface area contributed by atoms with Crippen molar-refractivity contribution in [1.82, 2.24) is 15.0 Å². The molecule has 1 aromatic carbocycles. The summed E-state index contributed by atoms with van der Waals surface area (Å²) in [5, 5.41) is 14.1. The number of benzene rings is 1. The summed E-state index contributed by atoms with van der Waals surface area (Å²) in [4.78, 5) is 14.3. The highest BCUT2D eigenvalue weighted by molar-refractivity contribution is 7.15. The van der Waals surface area contributed by atoms with Crippen LogP contribution in [0, 0.1) is 11.3 Å². The summed E-state index contributed by atoms with van der Waals surface area (Å²) >= 11 is 1.57. The Morgan fingerprint density at radius 3 is 3.13 bits per heavy atom. The van der Waals surface area contributed by atoms with E-state index in [1.165, 1.54) is 4.88 Å². The molecule has 6 nitrogen and oxygen atoms in total. The predicted octanol–water partition coefficient (Wildman–Crippen LogP) is 2.51. The smallest absolute Gasteiger partial charge is 0.180 e. The first-order chi connectivity index (χ1) is 11.2. The number of nitrogens with zero attached hydrogens (tertiary/aromatic N) is 4. The van der Waals surface area contributed by atoms with Crippen LogP contribution in [0.25, 0.3) is 10.9 Å². The van der Waals surface area contributed by atoms with Gasteiger partial charge in [-0.15, -0.1) is 11.3 Å². The van der Waals surface area contributed by atoms with Gasteiger partial charge in [-0.3, -0.25) is 0 Å². The minimum atomic E-state index is 0.284. The molecule has 23 heavy (non-hydrogen) atoms. The van der Waals surface area contributed by atoms with Gasteiger partial charge in [0, 0.05) is 22.7 Å². The van der Waals surface area contributed by atoms with Crippen molar-refractivity contribution in [2.45, 2.75) is 25.3 Å². The van der Waals surface area contributed by atoms with Gasteiger partial charge >= 0.3 is 0 Å². The number of hydrogen-bond acceptors (Lipinski definition) is 7. The Kier molecular flexibility index (Phi) is 3.32. The molecule has 0 spiro atoms. The second-order valence-corrected chi connectivity index (χ2v) is 6.69. The fourth-order valence-corrected chi connectivity index (χ4v) is 3.91. The van der Waals surface area contributed by atoms with Gasteiger partial charge in [0.05, 0.1) is 22.8 Å². The fourth-order valence-electron chi connectivity index (χ4n) is 2.95. The minimum absolute atomic E-state index is 0.284. The van der Waals surface area contributed by atoms with Gasteiger partial charge in [0.25, 0.3) is 0 Å². The van der Waals surface area contributed by atoms with Crippen molar-refractivity contribution in [2.24, 2.45) is 0 Å². The monoisotopic (exact) mass is 322 g/mol. The van der Waals surface area contributed by atoms with Gasteiger partial charge in [-0.1, -0.05) is 0 Å². The molecule has 1 unspecified atom stereocenters. The molecule has 0 fully saturated rings. The van der Waals surface area contributed by atoms with Crippen molar-refractivity contribution >= 4 is 33.2 Å². The number of nitrogens with one attached hydrogen (secondary N) is 1. The molecule has 114 valence electrons. The Morgan fingerprint density at radius 2 is 2.26 bits per heavy atom. The highest BCUT2D eigenvalue weighted by Crippen LogP contribution is 2.30. The zero-order valence-electron chi connectivity index (χ0n) is 12.3. The molecule has 2 heterocycles. The van der Waals surface area contributed by atoms with E-state index in [1.54, 1.807) is 23.7 Å². The van der Waals surface area contributed by atoms with Crippen LogP contribution in [-0.4, -0.2) is 21.0 Å². The number of hydrogen-bond donors (Lipinski definition) is 2. The summed E-state index contributed by atoms with van der Waals surface area (Å²) in [6.45, 7) is 0. The second-order valence-electron chi connectivity index (χ2n) is 5.57. The SMILES string of the molecule is N#Cc1ccc2ncnc(NC3CCc4nc(N)sc4C3)c2c1. The van der Waals surface area contributed by atoms with Gasteiger partial charge in [-0.05, 0) is 31.0 Å². The molecular formula is C16H14N6S. The largest absolute Gasteiger partial charge is 0.375 e. The highest BCUT2D eigenvalue weighted by Gasteiger charge is 2.22. The molecule has 0 saturated carbocycles. The minimum Gasteiger partial charge on any atom is -0.375 e. The Labute approximate surface area is 137 Å². The fraction of sp³-hybridized carbons (Fsp3) is 0.250.